The van der Waals surface area contributed by atoms with Crippen LogP contribution >= 0.6 is 12.6 Å². The first-order valence-electron chi connectivity index (χ1n) is 7.94. The summed E-state index contributed by atoms with van der Waals surface area (Å²) in [4.78, 5) is 0.908. The van der Waals surface area contributed by atoms with Gasteiger partial charge in [-0.1, -0.05) is 65.8 Å². The lowest BCUT2D eigenvalue weighted by molar-refractivity contribution is 0.560. The Bertz CT molecular complexity index is 705. The van der Waals surface area contributed by atoms with Crippen LogP contribution < -0.4 is 0 Å². The molecule has 0 spiro atoms. The SMILES string of the molecule is CC(C)(C)c1cc(N=Nc2ccccc2)c(S)c(C(C)(C)C)c1. The third-order valence-electron chi connectivity index (χ3n) is 3.79. The van der Waals surface area contributed by atoms with Crippen molar-refractivity contribution < 1.29 is 0 Å². The molecule has 0 saturated heterocycles. The van der Waals surface area contributed by atoms with Gasteiger partial charge >= 0.3 is 0 Å². The van der Waals surface area contributed by atoms with Crippen molar-refractivity contribution in [3.63, 3.8) is 0 Å². The molecule has 0 aliphatic carbocycles. The summed E-state index contributed by atoms with van der Waals surface area (Å²) in [5.74, 6) is 0. The molecule has 122 valence electrons. The Labute approximate surface area is 145 Å². The second kappa shape index (κ2) is 6.48. The van der Waals surface area contributed by atoms with Crippen LogP contribution in [0.25, 0.3) is 0 Å². The monoisotopic (exact) mass is 326 g/mol. The van der Waals surface area contributed by atoms with Crippen molar-refractivity contribution in [2.45, 2.75) is 57.3 Å². The lowest BCUT2D eigenvalue weighted by Crippen LogP contribution is -2.17. The standard InChI is InChI=1S/C20H26N2S/c1-19(2,3)14-12-16(20(4,5)6)18(23)17(13-14)22-21-15-10-8-7-9-11-15/h7-13,23H,1-6H3. The number of thiol groups is 1. The van der Waals surface area contributed by atoms with Gasteiger partial charge in [-0.15, -0.1) is 17.7 Å². The first kappa shape index (κ1) is 17.7. The predicted octanol–water partition coefficient (Wildman–Crippen LogP) is 6.99. The maximum absolute atomic E-state index is 4.74. The fraction of sp³-hybridized carbons (Fsp3) is 0.400. The predicted molar refractivity (Wildman–Crippen MR) is 102 cm³/mol. The largest absolute Gasteiger partial charge is 0.151 e. The molecule has 2 rings (SSSR count). The summed E-state index contributed by atoms with van der Waals surface area (Å²) in [6.07, 6.45) is 0. The average Bonchev–Trinajstić information content (AvgIpc) is 2.44. The van der Waals surface area contributed by atoms with E-state index < -0.39 is 0 Å². The lowest BCUT2D eigenvalue weighted by Gasteiger charge is -2.27. The molecule has 0 atom stereocenters. The van der Waals surface area contributed by atoms with Crippen molar-refractivity contribution in [2.75, 3.05) is 0 Å². The zero-order valence-corrected chi connectivity index (χ0v) is 15.8. The van der Waals surface area contributed by atoms with E-state index in [1.165, 1.54) is 11.1 Å². The van der Waals surface area contributed by atoms with Crippen molar-refractivity contribution in [2.24, 2.45) is 10.2 Å². The van der Waals surface area contributed by atoms with E-state index in [0.29, 0.717) is 0 Å². The molecule has 0 aromatic heterocycles. The van der Waals surface area contributed by atoms with Crippen molar-refractivity contribution in [1.29, 1.82) is 0 Å². The number of benzene rings is 2. The maximum atomic E-state index is 4.74. The van der Waals surface area contributed by atoms with Gasteiger partial charge in [0.2, 0.25) is 0 Å². The summed E-state index contributed by atoms with van der Waals surface area (Å²) in [6, 6.07) is 14.1. The third kappa shape index (κ3) is 4.44. The number of rotatable bonds is 2. The van der Waals surface area contributed by atoms with E-state index in [0.717, 1.165) is 16.3 Å². The first-order chi connectivity index (χ1) is 10.6. The van der Waals surface area contributed by atoms with Crippen LogP contribution in [-0.4, -0.2) is 0 Å². The highest BCUT2D eigenvalue weighted by molar-refractivity contribution is 7.80. The highest BCUT2D eigenvalue weighted by Crippen LogP contribution is 2.39. The topological polar surface area (TPSA) is 24.7 Å². The van der Waals surface area contributed by atoms with Crippen molar-refractivity contribution >= 4 is 24.0 Å². The minimum atomic E-state index is 0.00929. The highest BCUT2D eigenvalue weighted by Gasteiger charge is 2.23. The number of hydrogen-bond acceptors (Lipinski definition) is 3. The zero-order chi connectivity index (χ0) is 17.3. The molecule has 0 heterocycles. The van der Waals surface area contributed by atoms with E-state index in [-0.39, 0.29) is 10.8 Å². The minimum Gasteiger partial charge on any atom is -0.151 e. The number of nitrogens with zero attached hydrogens (tertiary/aromatic N) is 2. The number of azo groups is 1. The van der Waals surface area contributed by atoms with Crippen LogP contribution in [0.5, 0.6) is 0 Å². The molecule has 2 aromatic carbocycles. The normalized spacial score (nSPS) is 12.8. The summed E-state index contributed by atoms with van der Waals surface area (Å²) < 4.78 is 0. The van der Waals surface area contributed by atoms with E-state index >= 15 is 0 Å². The average molecular weight is 327 g/mol. The molecule has 0 aliphatic rings. The van der Waals surface area contributed by atoms with Crippen LogP contribution in [0.15, 0.2) is 57.6 Å². The lowest BCUT2D eigenvalue weighted by atomic mass is 9.80. The molecule has 0 N–H and O–H groups in total. The molecule has 0 fully saturated rings. The molecule has 0 amide bonds. The van der Waals surface area contributed by atoms with Gasteiger partial charge in [0.15, 0.2) is 0 Å². The maximum Gasteiger partial charge on any atom is 0.0996 e. The second-order valence-electron chi connectivity index (χ2n) is 7.93. The van der Waals surface area contributed by atoms with Crippen molar-refractivity contribution in [3.05, 3.63) is 53.6 Å². The summed E-state index contributed by atoms with van der Waals surface area (Å²) in [5, 5.41) is 8.83. The molecule has 0 aliphatic heterocycles. The Morgan fingerprint density at radius 3 is 1.91 bits per heavy atom. The van der Waals surface area contributed by atoms with Gasteiger partial charge in [0.1, 0.15) is 0 Å². The molecule has 0 bridgehead atoms. The smallest absolute Gasteiger partial charge is 0.0996 e. The van der Waals surface area contributed by atoms with E-state index in [9.17, 15) is 0 Å². The van der Waals surface area contributed by atoms with Crippen LogP contribution in [0.1, 0.15) is 52.7 Å². The molecular formula is C20H26N2S. The van der Waals surface area contributed by atoms with E-state index in [1.54, 1.807) is 0 Å². The van der Waals surface area contributed by atoms with Crippen LogP contribution in [0.3, 0.4) is 0 Å². The molecule has 2 aromatic rings. The third-order valence-corrected chi connectivity index (χ3v) is 4.26. The molecule has 23 heavy (non-hydrogen) atoms. The fourth-order valence-electron chi connectivity index (χ4n) is 2.31. The first-order valence-corrected chi connectivity index (χ1v) is 8.38. The summed E-state index contributed by atoms with van der Waals surface area (Å²) in [6.45, 7) is 13.2. The van der Waals surface area contributed by atoms with Gasteiger partial charge < -0.3 is 0 Å². The molecule has 3 heteroatoms. The van der Waals surface area contributed by atoms with E-state index in [2.05, 4.69) is 63.9 Å². The molecule has 0 radical (unpaired) electrons. The van der Waals surface area contributed by atoms with Crippen LogP contribution in [0, 0.1) is 0 Å². The van der Waals surface area contributed by atoms with Crippen molar-refractivity contribution in [1.82, 2.24) is 0 Å². The van der Waals surface area contributed by atoms with Crippen LogP contribution in [-0.2, 0) is 10.8 Å². The van der Waals surface area contributed by atoms with Gasteiger partial charge in [0.05, 0.1) is 11.4 Å². The highest BCUT2D eigenvalue weighted by atomic mass is 32.1. The van der Waals surface area contributed by atoms with Crippen molar-refractivity contribution in [3.8, 4) is 0 Å². The van der Waals surface area contributed by atoms with Gasteiger partial charge in [-0.05, 0) is 40.2 Å². The molecular weight excluding hydrogens is 300 g/mol. The molecule has 2 nitrogen and oxygen atoms in total. The minimum absolute atomic E-state index is 0.00929. The Morgan fingerprint density at radius 1 is 0.783 bits per heavy atom. The van der Waals surface area contributed by atoms with Gasteiger partial charge in [-0.3, -0.25) is 0 Å². The summed E-state index contributed by atoms with van der Waals surface area (Å²) in [5.41, 5.74) is 4.19. The Morgan fingerprint density at radius 2 is 1.39 bits per heavy atom. The quantitative estimate of drug-likeness (QED) is 0.454. The van der Waals surface area contributed by atoms with Gasteiger partial charge in [-0.25, -0.2) is 0 Å². The zero-order valence-electron chi connectivity index (χ0n) is 14.9. The Balaban J connectivity index is 2.56. The Kier molecular flexibility index (Phi) is 5.00. The number of hydrogen-bond donors (Lipinski definition) is 1. The fourth-order valence-corrected chi connectivity index (χ4v) is 2.82. The Hall–Kier alpha value is -1.61. The van der Waals surface area contributed by atoms with Gasteiger partial charge in [-0.2, -0.15) is 5.11 Å². The van der Waals surface area contributed by atoms with E-state index in [4.69, 9.17) is 12.6 Å². The molecule has 0 saturated carbocycles. The van der Waals surface area contributed by atoms with Gasteiger partial charge in [0, 0.05) is 4.90 Å². The second-order valence-corrected chi connectivity index (χ2v) is 8.37. The summed E-state index contributed by atoms with van der Waals surface area (Å²) >= 11 is 4.74. The van der Waals surface area contributed by atoms with Gasteiger partial charge in [0.25, 0.3) is 0 Å². The van der Waals surface area contributed by atoms with Crippen LogP contribution in [0.2, 0.25) is 0 Å². The molecule has 0 unspecified atom stereocenters. The summed E-state index contributed by atoms with van der Waals surface area (Å²) in [7, 11) is 0. The van der Waals surface area contributed by atoms with E-state index in [1.807, 2.05) is 30.3 Å². The van der Waals surface area contributed by atoms with Crippen LogP contribution in [0.4, 0.5) is 11.4 Å².